The summed E-state index contributed by atoms with van der Waals surface area (Å²) in [4.78, 5) is 4.57. The van der Waals surface area contributed by atoms with Crippen molar-refractivity contribution < 1.29 is 9.26 Å². The van der Waals surface area contributed by atoms with E-state index in [1.165, 1.54) is 11.1 Å². The Morgan fingerprint density at radius 3 is 2.88 bits per heavy atom. The molecular formula is C20H20ClN3O2. The molecule has 1 heterocycles. The molecule has 4 rings (SSSR count). The number of ether oxygens (including phenoxy) is 1. The van der Waals surface area contributed by atoms with Crippen LogP contribution < -0.4 is 10.5 Å². The minimum Gasteiger partial charge on any atom is -0.489 e. The molecule has 0 amide bonds. The van der Waals surface area contributed by atoms with Crippen molar-refractivity contribution in [2.24, 2.45) is 5.73 Å². The van der Waals surface area contributed by atoms with Crippen molar-refractivity contribution in [3.05, 3.63) is 52.5 Å². The average molecular weight is 370 g/mol. The van der Waals surface area contributed by atoms with Gasteiger partial charge in [0, 0.05) is 17.2 Å². The Morgan fingerprint density at radius 1 is 1.27 bits per heavy atom. The Hall–Kier alpha value is -2.37. The molecule has 5 nitrogen and oxygen atoms in total. The fourth-order valence-corrected chi connectivity index (χ4v) is 3.55. The van der Waals surface area contributed by atoms with Crippen molar-refractivity contribution in [2.75, 3.05) is 0 Å². The van der Waals surface area contributed by atoms with Crippen LogP contribution in [0.3, 0.4) is 0 Å². The highest BCUT2D eigenvalue weighted by molar-refractivity contribution is 6.32. The van der Waals surface area contributed by atoms with E-state index in [9.17, 15) is 0 Å². The Kier molecular flexibility index (Phi) is 4.42. The van der Waals surface area contributed by atoms with Crippen LogP contribution in [-0.4, -0.2) is 16.2 Å². The molecule has 134 valence electrons. The first-order chi connectivity index (χ1) is 12.5. The van der Waals surface area contributed by atoms with Crippen LogP contribution in [0.5, 0.6) is 5.75 Å². The fraction of sp³-hybridized carbons (Fsp3) is 0.300. The quantitative estimate of drug-likeness (QED) is 0.715. The van der Waals surface area contributed by atoms with E-state index in [0.717, 1.165) is 24.0 Å². The van der Waals surface area contributed by atoms with Crippen LogP contribution in [0.4, 0.5) is 0 Å². The van der Waals surface area contributed by atoms with Gasteiger partial charge in [0.25, 0.3) is 5.89 Å². The van der Waals surface area contributed by atoms with Gasteiger partial charge in [-0.2, -0.15) is 4.98 Å². The maximum Gasteiger partial charge on any atom is 0.258 e. The van der Waals surface area contributed by atoms with Gasteiger partial charge in [0.05, 0.1) is 11.1 Å². The molecule has 3 aromatic rings. The highest BCUT2D eigenvalue weighted by atomic mass is 35.5. The lowest BCUT2D eigenvalue weighted by Crippen LogP contribution is -2.05. The van der Waals surface area contributed by atoms with Gasteiger partial charge in [-0.1, -0.05) is 35.0 Å². The molecule has 0 saturated carbocycles. The van der Waals surface area contributed by atoms with Crippen molar-refractivity contribution in [2.45, 2.75) is 38.8 Å². The van der Waals surface area contributed by atoms with Gasteiger partial charge < -0.3 is 15.0 Å². The number of nitrogens with two attached hydrogens (primary N) is 1. The third kappa shape index (κ3) is 3.08. The predicted octanol–water partition coefficient (Wildman–Crippen LogP) is 4.79. The molecular weight excluding hydrogens is 350 g/mol. The molecule has 1 aromatic heterocycles. The summed E-state index contributed by atoms with van der Waals surface area (Å²) in [5.74, 6) is 1.64. The van der Waals surface area contributed by atoms with Gasteiger partial charge in [-0.15, -0.1) is 0 Å². The number of fused-ring (bicyclic) bond motifs is 1. The minimum atomic E-state index is 0.0555. The molecule has 0 aliphatic heterocycles. The van der Waals surface area contributed by atoms with Crippen LogP contribution in [0.1, 0.15) is 37.4 Å². The van der Waals surface area contributed by atoms with E-state index in [1.54, 1.807) is 6.07 Å². The van der Waals surface area contributed by atoms with Crippen molar-refractivity contribution in [1.29, 1.82) is 0 Å². The first-order valence-corrected chi connectivity index (χ1v) is 9.08. The van der Waals surface area contributed by atoms with E-state index in [4.69, 9.17) is 26.6 Å². The number of nitrogens with zero attached hydrogens (tertiary/aromatic N) is 2. The van der Waals surface area contributed by atoms with Crippen LogP contribution in [0.15, 0.2) is 40.9 Å². The normalized spacial score (nSPS) is 16.1. The third-order valence-electron chi connectivity index (χ3n) is 4.53. The zero-order chi connectivity index (χ0) is 18.3. The zero-order valence-electron chi connectivity index (χ0n) is 14.7. The van der Waals surface area contributed by atoms with E-state index < -0.39 is 0 Å². The molecule has 1 unspecified atom stereocenters. The molecule has 2 N–H and O–H groups in total. The van der Waals surface area contributed by atoms with Gasteiger partial charge >= 0.3 is 0 Å². The van der Waals surface area contributed by atoms with Crippen LogP contribution >= 0.6 is 11.6 Å². The van der Waals surface area contributed by atoms with Gasteiger partial charge in [-0.3, -0.25) is 0 Å². The van der Waals surface area contributed by atoms with Gasteiger partial charge in [-0.25, -0.2) is 0 Å². The molecule has 0 fully saturated rings. The zero-order valence-corrected chi connectivity index (χ0v) is 15.5. The highest BCUT2D eigenvalue weighted by Gasteiger charge is 2.24. The van der Waals surface area contributed by atoms with Gasteiger partial charge in [0.15, 0.2) is 0 Å². The molecule has 1 aliphatic carbocycles. The van der Waals surface area contributed by atoms with Crippen LogP contribution in [-0.2, 0) is 6.42 Å². The summed E-state index contributed by atoms with van der Waals surface area (Å²) in [5, 5.41) is 4.68. The van der Waals surface area contributed by atoms with Gasteiger partial charge in [-0.05, 0) is 56.0 Å². The maximum atomic E-state index is 6.31. The van der Waals surface area contributed by atoms with Crippen LogP contribution in [0, 0.1) is 0 Å². The molecule has 26 heavy (non-hydrogen) atoms. The SMILES string of the molecule is CC(C)Oc1ccc(-c2nc(-c3cccc4c3CCC4N)no2)cc1Cl. The standard InChI is InChI=1S/C20H20ClN3O2/c1-11(2)25-18-9-6-12(10-16(18)21)20-23-19(24-26-20)15-5-3-4-14-13(15)7-8-17(14)22/h3-6,9-11,17H,7-8,22H2,1-2H3. The van der Waals surface area contributed by atoms with Crippen molar-refractivity contribution in [3.8, 4) is 28.6 Å². The largest absolute Gasteiger partial charge is 0.489 e. The smallest absolute Gasteiger partial charge is 0.258 e. The topological polar surface area (TPSA) is 74.2 Å². The van der Waals surface area contributed by atoms with Crippen LogP contribution in [0.25, 0.3) is 22.8 Å². The molecule has 0 radical (unpaired) electrons. The lowest BCUT2D eigenvalue weighted by atomic mass is 10.0. The molecule has 1 atom stereocenters. The van der Waals surface area contributed by atoms with Crippen LogP contribution in [0.2, 0.25) is 5.02 Å². The Morgan fingerprint density at radius 2 is 2.12 bits per heavy atom. The minimum absolute atomic E-state index is 0.0555. The molecule has 0 saturated heterocycles. The Balaban J connectivity index is 1.67. The molecule has 1 aliphatic rings. The lowest BCUT2D eigenvalue weighted by Gasteiger charge is -2.11. The Bertz CT molecular complexity index is 952. The van der Waals surface area contributed by atoms with Crippen molar-refractivity contribution in [1.82, 2.24) is 10.1 Å². The average Bonchev–Trinajstić information content (AvgIpc) is 3.24. The van der Waals surface area contributed by atoms with Gasteiger partial charge in [0.1, 0.15) is 5.75 Å². The van der Waals surface area contributed by atoms with E-state index in [-0.39, 0.29) is 12.1 Å². The molecule has 0 bridgehead atoms. The fourth-order valence-electron chi connectivity index (χ4n) is 3.33. The highest BCUT2D eigenvalue weighted by Crippen LogP contribution is 2.36. The van der Waals surface area contributed by atoms with Crippen molar-refractivity contribution in [3.63, 3.8) is 0 Å². The van der Waals surface area contributed by atoms with Gasteiger partial charge in [0.2, 0.25) is 5.82 Å². The summed E-state index contributed by atoms with van der Waals surface area (Å²) in [6.45, 7) is 3.91. The second-order valence-corrected chi connectivity index (χ2v) is 7.16. The summed E-state index contributed by atoms with van der Waals surface area (Å²) in [7, 11) is 0. The van der Waals surface area contributed by atoms with E-state index in [1.807, 2.05) is 38.1 Å². The summed E-state index contributed by atoms with van der Waals surface area (Å²) in [5.41, 5.74) is 10.3. The molecule has 0 spiro atoms. The monoisotopic (exact) mass is 369 g/mol. The second kappa shape index (κ2) is 6.74. The summed E-state index contributed by atoms with van der Waals surface area (Å²) >= 11 is 6.31. The third-order valence-corrected chi connectivity index (χ3v) is 4.82. The van der Waals surface area contributed by atoms with E-state index in [2.05, 4.69) is 16.2 Å². The second-order valence-electron chi connectivity index (χ2n) is 6.75. The van der Waals surface area contributed by atoms with E-state index in [0.29, 0.717) is 22.5 Å². The molecule has 6 heteroatoms. The molecule has 2 aromatic carbocycles. The van der Waals surface area contributed by atoms with Crippen molar-refractivity contribution >= 4 is 11.6 Å². The first-order valence-electron chi connectivity index (χ1n) is 8.71. The number of halogens is 1. The number of hydrogen-bond donors (Lipinski definition) is 1. The first kappa shape index (κ1) is 17.1. The lowest BCUT2D eigenvalue weighted by molar-refractivity contribution is 0.242. The number of aromatic nitrogens is 2. The Labute approximate surface area is 157 Å². The number of hydrogen-bond acceptors (Lipinski definition) is 5. The van der Waals surface area contributed by atoms with E-state index >= 15 is 0 Å². The summed E-state index contributed by atoms with van der Waals surface area (Å²) in [6, 6.07) is 11.6. The maximum absolute atomic E-state index is 6.31. The summed E-state index contributed by atoms with van der Waals surface area (Å²) in [6.07, 6.45) is 1.94. The number of benzene rings is 2. The number of rotatable bonds is 4. The predicted molar refractivity (Wildman–Crippen MR) is 101 cm³/mol. The summed E-state index contributed by atoms with van der Waals surface area (Å²) < 4.78 is 11.1.